The van der Waals surface area contributed by atoms with E-state index in [-0.39, 0.29) is 24.0 Å². The molecule has 32 heavy (non-hydrogen) atoms. The number of nitrogens with one attached hydrogen (secondary N) is 2. The van der Waals surface area contributed by atoms with E-state index in [9.17, 15) is 0 Å². The van der Waals surface area contributed by atoms with Crippen LogP contribution in [0, 0.1) is 0 Å². The number of aliphatic imine (C=N–C) groups is 1. The van der Waals surface area contributed by atoms with Gasteiger partial charge in [0, 0.05) is 52.9 Å². The van der Waals surface area contributed by atoms with Gasteiger partial charge in [0.2, 0.25) is 0 Å². The van der Waals surface area contributed by atoms with E-state index in [1.54, 1.807) is 7.11 Å². The summed E-state index contributed by atoms with van der Waals surface area (Å²) in [6, 6.07) is 16.9. The highest BCUT2D eigenvalue weighted by Gasteiger charge is 2.16. The molecule has 0 aliphatic carbocycles. The molecule has 2 N–H and O–H groups in total. The third-order valence-corrected chi connectivity index (χ3v) is 5.96. The lowest BCUT2D eigenvalue weighted by Crippen LogP contribution is -2.45. The lowest BCUT2D eigenvalue weighted by atomic mass is 10.1. The Bertz CT molecular complexity index is 819. The fraction of sp³-hybridized carbons (Fsp3) is 0.480. The first kappa shape index (κ1) is 26.4. The maximum absolute atomic E-state index is 5.22. The first-order chi connectivity index (χ1) is 15.2. The summed E-state index contributed by atoms with van der Waals surface area (Å²) in [4.78, 5) is 9.47. The van der Waals surface area contributed by atoms with Crippen molar-refractivity contribution in [2.45, 2.75) is 26.4 Å². The van der Waals surface area contributed by atoms with Gasteiger partial charge in [-0.25, -0.2) is 0 Å². The lowest BCUT2D eigenvalue weighted by molar-refractivity contribution is 0.131. The van der Waals surface area contributed by atoms with Gasteiger partial charge in [0.25, 0.3) is 0 Å². The summed E-state index contributed by atoms with van der Waals surface area (Å²) in [5.41, 5.74) is 4.00. The summed E-state index contributed by atoms with van der Waals surface area (Å²) >= 11 is 0. The Balaban J connectivity index is 0.00000363. The number of methoxy groups -OCH3 is 1. The van der Waals surface area contributed by atoms with Crippen molar-refractivity contribution in [3.05, 3.63) is 65.2 Å². The number of likely N-dealkylation sites (N-methyl/N-ethyl adjacent to an activating group) is 1. The van der Waals surface area contributed by atoms with Gasteiger partial charge < -0.3 is 20.3 Å². The van der Waals surface area contributed by atoms with Gasteiger partial charge in [-0.1, -0.05) is 43.3 Å². The minimum absolute atomic E-state index is 0. The third-order valence-electron chi connectivity index (χ3n) is 5.96. The molecule has 0 unspecified atom stereocenters. The van der Waals surface area contributed by atoms with E-state index < -0.39 is 0 Å². The first-order valence-corrected chi connectivity index (χ1v) is 11.3. The molecule has 3 rings (SSSR count). The summed E-state index contributed by atoms with van der Waals surface area (Å²) in [6.45, 7) is 10.6. The second-order valence-electron chi connectivity index (χ2n) is 7.93. The summed E-state index contributed by atoms with van der Waals surface area (Å²) < 4.78 is 5.22. The van der Waals surface area contributed by atoms with Gasteiger partial charge in [0.1, 0.15) is 5.75 Å². The van der Waals surface area contributed by atoms with E-state index in [0.717, 1.165) is 57.4 Å². The SMILES string of the molecule is CCN1CCN(Cc2ccccc2CNC(=NC)NCCc2ccc(OC)cc2)CC1.I. The monoisotopic (exact) mass is 551 g/mol. The van der Waals surface area contributed by atoms with E-state index in [1.165, 1.54) is 29.8 Å². The van der Waals surface area contributed by atoms with Crippen molar-refractivity contribution in [3.8, 4) is 5.75 Å². The van der Waals surface area contributed by atoms with Crippen LogP contribution in [-0.2, 0) is 19.5 Å². The Kier molecular flexibility index (Phi) is 11.8. The zero-order chi connectivity index (χ0) is 21.9. The largest absolute Gasteiger partial charge is 0.497 e. The van der Waals surface area contributed by atoms with Gasteiger partial charge in [0.15, 0.2) is 5.96 Å². The highest BCUT2D eigenvalue weighted by molar-refractivity contribution is 14.0. The molecule has 0 aromatic heterocycles. The summed E-state index contributed by atoms with van der Waals surface area (Å²) in [5, 5.41) is 6.90. The predicted molar refractivity (Wildman–Crippen MR) is 144 cm³/mol. The van der Waals surface area contributed by atoms with Crippen molar-refractivity contribution < 1.29 is 4.74 Å². The van der Waals surface area contributed by atoms with Gasteiger partial charge in [-0.15, -0.1) is 24.0 Å². The van der Waals surface area contributed by atoms with Crippen LogP contribution < -0.4 is 15.4 Å². The zero-order valence-electron chi connectivity index (χ0n) is 19.6. The van der Waals surface area contributed by atoms with Crippen LogP contribution in [0.5, 0.6) is 5.75 Å². The molecule has 0 atom stereocenters. The van der Waals surface area contributed by atoms with E-state index in [2.05, 4.69) is 68.7 Å². The average Bonchev–Trinajstić information content (AvgIpc) is 2.83. The molecule has 1 fully saturated rings. The number of nitrogens with zero attached hydrogens (tertiary/aromatic N) is 3. The maximum atomic E-state index is 5.22. The van der Waals surface area contributed by atoms with Crippen molar-refractivity contribution in [1.82, 2.24) is 20.4 Å². The highest BCUT2D eigenvalue weighted by Crippen LogP contribution is 2.14. The molecule has 0 spiro atoms. The fourth-order valence-corrected chi connectivity index (χ4v) is 3.91. The van der Waals surface area contributed by atoms with Crippen molar-refractivity contribution in [3.63, 3.8) is 0 Å². The molecule has 0 bridgehead atoms. The predicted octanol–water partition coefficient (Wildman–Crippen LogP) is 3.36. The molecule has 1 aliphatic heterocycles. The van der Waals surface area contributed by atoms with Crippen molar-refractivity contribution >= 4 is 29.9 Å². The number of hydrogen-bond acceptors (Lipinski definition) is 4. The lowest BCUT2D eigenvalue weighted by Gasteiger charge is -2.34. The number of hydrogen-bond donors (Lipinski definition) is 2. The Morgan fingerprint density at radius 2 is 1.59 bits per heavy atom. The second-order valence-corrected chi connectivity index (χ2v) is 7.93. The number of guanidine groups is 1. The highest BCUT2D eigenvalue weighted by atomic mass is 127. The van der Waals surface area contributed by atoms with Crippen LogP contribution in [-0.4, -0.2) is 69.2 Å². The number of rotatable bonds is 9. The van der Waals surface area contributed by atoms with Gasteiger partial charge in [0.05, 0.1) is 7.11 Å². The number of halogens is 1. The normalized spacial score (nSPS) is 15.2. The van der Waals surface area contributed by atoms with Crippen LogP contribution in [0.25, 0.3) is 0 Å². The topological polar surface area (TPSA) is 52.1 Å². The molecule has 2 aromatic rings. The van der Waals surface area contributed by atoms with Crippen molar-refractivity contribution in [1.29, 1.82) is 0 Å². The zero-order valence-corrected chi connectivity index (χ0v) is 22.0. The molecule has 176 valence electrons. The van der Waals surface area contributed by atoms with Crippen LogP contribution in [0.4, 0.5) is 0 Å². The van der Waals surface area contributed by atoms with E-state index in [0.29, 0.717) is 0 Å². The smallest absolute Gasteiger partial charge is 0.191 e. The van der Waals surface area contributed by atoms with Gasteiger partial charge in [-0.2, -0.15) is 0 Å². The van der Waals surface area contributed by atoms with Crippen molar-refractivity contribution in [2.75, 3.05) is 53.4 Å². The Morgan fingerprint density at radius 1 is 0.938 bits per heavy atom. The molecular formula is C25H38IN5O. The van der Waals surface area contributed by atoms with Gasteiger partial charge in [-0.05, 0) is 41.8 Å². The van der Waals surface area contributed by atoms with Crippen LogP contribution in [0.3, 0.4) is 0 Å². The molecule has 0 radical (unpaired) electrons. The molecular weight excluding hydrogens is 513 g/mol. The molecule has 2 aromatic carbocycles. The minimum atomic E-state index is 0. The third kappa shape index (κ3) is 8.26. The second kappa shape index (κ2) is 14.3. The van der Waals surface area contributed by atoms with E-state index in [4.69, 9.17) is 4.74 Å². The average molecular weight is 552 g/mol. The van der Waals surface area contributed by atoms with E-state index in [1.807, 2.05) is 19.2 Å². The van der Waals surface area contributed by atoms with Gasteiger partial charge >= 0.3 is 0 Å². The molecule has 7 heteroatoms. The number of piperazine rings is 1. The molecule has 0 saturated carbocycles. The molecule has 0 amide bonds. The Labute approximate surface area is 210 Å². The van der Waals surface area contributed by atoms with Crippen LogP contribution in [0.1, 0.15) is 23.6 Å². The molecule has 1 heterocycles. The fourth-order valence-electron chi connectivity index (χ4n) is 3.91. The van der Waals surface area contributed by atoms with E-state index >= 15 is 0 Å². The molecule has 6 nitrogen and oxygen atoms in total. The maximum Gasteiger partial charge on any atom is 0.191 e. The van der Waals surface area contributed by atoms with Gasteiger partial charge in [-0.3, -0.25) is 9.89 Å². The Hall–Kier alpha value is -1.84. The summed E-state index contributed by atoms with van der Waals surface area (Å²) in [5.74, 6) is 1.72. The standard InChI is InChI=1S/C25H37N5O.HI/c1-4-29-15-17-30(18-16-29)20-23-8-6-5-7-22(23)19-28-25(26-2)27-14-13-21-9-11-24(31-3)12-10-21;/h5-12H,4,13-20H2,1-3H3,(H2,26,27,28);1H. The summed E-state index contributed by atoms with van der Waals surface area (Å²) in [6.07, 6.45) is 0.936. The Morgan fingerprint density at radius 3 is 2.22 bits per heavy atom. The quantitative estimate of drug-likeness (QED) is 0.285. The number of ether oxygens (including phenoxy) is 1. The number of benzene rings is 2. The minimum Gasteiger partial charge on any atom is -0.497 e. The molecule has 1 saturated heterocycles. The van der Waals surface area contributed by atoms with Crippen LogP contribution >= 0.6 is 24.0 Å². The van der Waals surface area contributed by atoms with Crippen LogP contribution in [0.15, 0.2) is 53.5 Å². The summed E-state index contributed by atoms with van der Waals surface area (Å²) in [7, 11) is 3.51. The van der Waals surface area contributed by atoms with Crippen molar-refractivity contribution in [2.24, 2.45) is 4.99 Å². The van der Waals surface area contributed by atoms with Crippen LogP contribution in [0.2, 0.25) is 0 Å². The molecule has 1 aliphatic rings. The first-order valence-electron chi connectivity index (χ1n) is 11.3.